The maximum Gasteiger partial charge on any atom is 0.157 e. The smallest absolute Gasteiger partial charge is 0.157 e. The second kappa shape index (κ2) is 4.87. The normalized spacial score (nSPS) is 10.9. The number of rotatable bonds is 5. The minimum absolute atomic E-state index is 0.853. The molecule has 0 amide bonds. The third-order valence-corrected chi connectivity index (χ3v) is 2.74. The molecule has 0 unspecified atom stereocenters. The van der Waals surface area contributed by atoms with Gasteiger partial charge in [0, 0.05) is 37.6 Å². The molecule has 3 heterocycles. The molecule has 0 saturated heterocycles. The molecule has 92 valence electrons. The molecule has 18 heavy (non-hydrogen) atoms. The van der Waals surface area contributed by atoms with Gasteiger partial charge in [0.25, 0.3) is 0 Å². The summed E-state index contributed by atoms with van der Waals surface area (Å²) in [6.45, 7) is 0.875. The monoisotopic (exact) mass is 242 g/mol. The molecule has 0 aliphatic heterocycles. The number of hydrogen-bond donors (Lipinski definition) is 2. The zero-order chi connectivity index (χ0) is 12.2. The van der Waals surface area contributed by atoms with E-state index in [1.165, 1.54) is 0 Å². The van der Waals surface area contributed by atoms with E-state index in [0.29, 0.717) is 0 Å². The lowest BCUT2D eigenvalue weighted by atomic mass is 10.3. The fourth-order valence-corrected chi connectivity index (χ4v) is 1.88. The third-order valence-electron chi connectivity index (χ3n) is 2.74. The van der Waals surface area contributed by atoms with E-state index < -0.39 is 0 Å². The Morgan fingerprint density at radius 3 is 3.06 bits per heavy atom. The molecule has 3 rings (SSSR count). The van der Waals surface area contributed by atoms with Crippen LogP contribution in [0.25, 0.3) is 5.65 Å². The van der Waals surface area contributed by atoms with Gasteiger partial charge < -0.3 is 10.3 Å². The van der Waals surface area contributed by atoms with Crippen molar-refractivity contribution in [2.75, 3.05) is 11.9 Å². The summed E-state index contributed by atoms with van der Waals surface area (Å²) < 4.78 is 1.80. The number of hydrogen-bond acceptors (Lipinski definition) is 4. The molecule has 0 spiro atoms. The Morgan fingerprint density at radius 2 is 2.17 bits per heavy atom. The van der Waals surface area contributed by atoms with Crippen LogP contribution in [0.15, 0.2) is 36.9 Å². The van der Waals surface area contributed by atoms with E-state index in [0.717, 1.165) is 36.7 Å². The first-order valence-electron chi connectivity index (χ1n) is 5.94. The van der Waals surface area contributed by atoms with Crippen molar-refractivity contribution in [1.82, 2.24) is 24.6 Å². The Kier molecular flexibility index (Phi) is 2.91. The fourth-order valence-electron chi connectivity index (χ4n) is 1.88. The summed E-state index contributed by atoms with van der Waals surface area (Å²) in [7, 11) is 0. The van der Waals surface area contributed by atoms with E-state index in [2.05, 4.69) is 25.4 Å². The molecular weight excluding hydrogens is 228 g/mol. The van der Waals surface area contributed by atoms with Crippen LogP contribution in [0, 0.1) is 0 Å². The molecule has 0 radical (unpaired) electrons. The zero-order valence-electron chi connectivity index (χ0n) is 9.87. The molecule has 3 aromatic heterocycles. The molecule has 0 aliphatic rings. The first-order valence-corrected chi connectivity index (χ1v) is 5.94. The van der Waals surface area contributed by atoms with Crippen molar-refractivity contribution in [1.29, 1.82) is 0 Å². The van der Waals surface area contributed by atoms with Gasteiger partial charge in [0.15, 0.2) is 5.65 Å². The van der Waals surface area contributed by atoms with E-state index in [9.17, 15) is 0 Å². The highest BCUT2D eigenvalue weighted by molar-refractivity contribution is 5.46. The predicted octanol–water partition coefficient (Wildman–Crippen LogP) is 1.50. The van der Waals surface area contributed by atoms with Crippen molar-refractivity contribution in [3.8, 4) is 0 Å². The highest BCUT2D eigenvalue weighted by atomic mass is 15.3. The summed E-state index contributed by atoms with van der Waals surface area (Å²) >= 11 is 0. The molecular formula is C12H14N6. The van der Waals surface area contributed by atoms with Gasteiger partial charge in [-0.25, -0.2) is 9.97 Å². The van der Waals surface area contributed by atoms with E-state index in [1.54, 1.807) is 23.1 Å². The van der Waals surface area contributed by atoms with E-state index in [1.807, 2.05) is 18.3 Å². The lowest BCUT2D eigenvalue weighted by Crippen LogP contribution is -2.08. The molecule has 0 aromatic carbocycles. The van der Waals surface area contributed by atoms with Crippen molar-refractivity contribution in [2.24, 2.45) is 0 Å². The average Bonchev–Trinajstić information content (AvgIpc) is 3.05. The number of aromatic nitrogens is 5. The van der Waals surface area contributed by atoms with E-state index >= 15 is 0 Å². The number of fused-ring (bicyclic) bond motifs is 1. The molecule has 0 atom stereocenters. The maximum absolute atomic E-state index is 4.22. The van der Waals surface area contributed by atoms with Crippen LogP contribution in [0.4, 0.5) is 5.82 Å². The van der Waals surface area contributed by atoms with Crippen LogP contribution in [-0.2, 0) is 6.42 Å². The quantitative estimate of drug-likeness (QED) is 0.665. The molecule has 0 saturated carbocycles. The number of imidazole rings is 1. The molecule has 0 aliphatic carbocycles. The number of aryl methyl sites for hydroxylation is 1. The Hall–Kier alpha value is -2.37. The van der Waals surface area contributed by atoms with Gasteiger partial charge in [-0.2, -0.15) is 9.61 Å². The van der Waals surface area contributed by atoms with Crippen molar-refractivity contribution >= 4 is 11.5 Å². The largest absolute Gasteiger partial charge is 0.370 e. The number of anilines is 1. The molecule has 2 N–H and O–H groups in total. The molecule has 0 fully saturated rings. The lowest BCUT2D eigenvalue weighted by molar-refractivity contribution is 0.806. The van der Waals surface area contributed by atoms with Gasteiger partial charge in [0.2, 0.25) is 0 Å². The van der Waals surface area contributed by atoms with Crippen molar-refractivity contribution < 1.29 is 0 Å². The van der Waals surface area contributed by atoms with Gasteiger partial charge in [0.1, 0.15) is 11.6 Å². The highest BCUT2D eigenvalue weighted by Crippen LogP contribution is 2.08. The standard InChI is InChI=1S/C12H14N6/c1(2-10-13-8-9-14-10)5-15-11-3-6-16-12-4-7-17-18(11)12/h3-4,6-9,15H,1-2,5H2,(H,13,14). The zero-order valence-corrected chi connectivity index (χ0v) is 9.87. The van der Waals surface area contributed by atoms with E-state index in [-0.39, 0.29) is 0 Å². The highest BCUT2D eigenvalue weighted by Gasteiger charge is 2.01. The number of H-pyrrole nitrogens is 1. The number of aromatic amines is 1. The van der Waals surface area contributed by atoms with Gasteiger partial charge in [-0.05, 0) is 12.5 Å². The van der Waals surface area contributed by atoms with Crippen molar-refractivity contribution in [3.63, 3.8) is 0 Å². The van der Waals surface area contributed by atoms with Gasteiger partial charge in [-0.15, -0.1) is 0 Å². The Balaban J connectivity index is 1.58. The predicted molar refractivity (Wildman–Crippen MR) is 68.4 cm³/mol. The summed E-state index contributed by atoms with van der Waals surface area (Å²) in [6, 6.07) is 3.81. The van der Waals surface area contributed by atoms with Crippen LogP contribution in [0.1, 0.15) is 12.2 Å². The topological polar surface area (TPSA) is 70.9 Å². The lowest BCUT2D eigenvalue weighted by Gasteiger charge is -2.07. The fraction of sp³-hybridized carbons (Fsp3) is 0.250. The van der Waals surface area contributed by atoms with Gasteiger partial charge in [-0.3, -0.25) is 0 Å². The molecule has 6 heteroatoms. The minimum atomic E-state index is 0.853. The summed E-state index contributed by atoms with van der Waals surface area (Å²) in [5.74, 6) is 1.99. The van der Waals surface area contributed by atoms with Crippen LogP contribution < -0.4 is 5.32 Å². The maximum atomic E-state index is 4.22. The molecule has 3 aromatic rings. The molecule has 0 bridgehead atoms. The number of nitrogens with one attached hydrogen (secondary N) is 2. The first kappa shape index (κ1) is 10.8. The van der Waals surface area contributed by atoms with Gasteiger partial charge in [-0.1, -0.05) is 0 Å². The van der Waals surface area contributed by atoms with Crippen LogP contribution in [0.3, 0.4) is 0 Å². The third kappa shape index (κ3) is 2.17. The molecule has 6 nitrogen and oxygen atoms in total. The Bertz CT molecular complexity index is 612. The van der Waals surface area contributed by atoms with Crippen molar-refractivity contribution in [2.45, 2.75) is 12.8 Å². The number of nitrogens with zero attached hydrogens (tertiary/aromatic N) is 4. The summed E-state index contributed by atoms with van der Waals surface area (Å²) in [6.07, 6.45) is 9.10. The van der Waals surface area contributed by atoms with Crippen LogP contribution in [0.5, 0.6) is 0 Å². The second-order valence-electron chi connectivity index (χ2n) is 4.00. The Labute approximate surface area is 104 Å². The van der Waals surface area contributed by atoms with E-state index in [4.69, 9.17) is 0 Å². The van der Waals surface area contributed by atoms with Crippen molar-refractivity contribution in [3.05, 3.63) is 42.7 Å². The van der Waals surface area contributed by atoms with Gasteiger partial charge >= 0.3 is 0 Å². The summed E-state index contributed by atoms with van der Waals surface area (Å²) in [5, 5.41) is 7.58. The average molecular weight is 242 g/mol. The van der Waals surface area contributed by atoms with Crippen LogP contribution in [0.2, 0.25) is 0 Å². The summed E-state index contributed by atoms with van der Waals surface area (Å²) in [4.78, 5) is 11.5. The van der Waals surface area contributed by atoms with Crippen LogP contribution in [-0.4, -0.2) is 31.1 Å². The Morgan fingerprint density at radius 1 is 1.17 bits per heavy atom. The SMILES string of the molecule is c1c[nH]c(CCCNc2ccnc3ccnn23)n1. The summed E-state index contributed by atoms with van der Waals surface area (Å²) in [5.41, 5.74) is 0.853. The second-order valence-corrected chi connectivity index (χ2v) is 4.00. The minimum Gasteiger partial charge on any atom is -0.370 e. The van der Waals surface area contributed by atoms with Crippen LogP contribution >= 0.6 is 0 Å². The van der Waals surface area contributed by atoms with Gasteiger partial charge in [0.05, 0.1) is 6.20 Å². The first-order chi connectivity index (χ1) is 8.93.